The van der Waals surface area contributed by atoms with Crippen LogP contribution < -0.4 is 5.32 Å². The van der Waals surface area contributed by atoms with Crippen LogP contribution >= 0.6 is 0 Å². The molecular weight excluding hydrogens is 194 g/mol. The first-order valence-corrected chi connectivity index (χ1v) is 6.49. The Hall–Kier alpha value is -0.980. The first-order valence-electron chi connectivity index (χ1n) is 6.49. The Morgan fingerprint density at radius 3 is 2.56 bits per heavy atom. The van der Waals surface area contributed by atoms with Crippen molar-refractivity contribution in [2.24, 2.45) is 5.92 Å². The van der Waals surface area contributed by atoms with E-state index in [9.17, 15) is 0 Å². The molecule has 16 heavy (non-hydrogen) atoms. The molecule has 0 spiro atoms. The van der Waals surface area contributed by atoms with Crippen LogP contribution in [-0.4, -0.2) is 6.04 Å². The summed E-state index contributed by atoms with van der Waals surface area (Å²) in [4.78, 5) is 0. The third-order valence-corrected chi connectivity index (χ3v) is 3.83. The van der Waals surface area contributed by atoms with Gasteiger partial charge in [-0.25, -0.2) is 0 Å². The third-order valence-electron chi connectivity index (χ3n) is 3.83. The monoisotopic (exact) mass is 217 g/mol. The van der Waals surface area contributed by atoms with Crippen LogP contribution in [0.25, 0.3) is 0 Å². The highest BCUT2D eigenvalue weighted by molar-refractivity contribution is 5.48. The molecule has 1 saturated carbocycles. The van der Waals surface area contributed by atoms with Gasteiger partial charge in [0.15, 0.2) is 0 Å². The van der Waals surface area contributed by atoms with E-state index in [2.05, 4.69) is 44.3 Å². The van der Waals surface area contributed by atoms with E-state index in [0.717, 1.165) is 5.92 Å². The Labute approximate surface area is 99.3 Å². The minimum absolute atomic E-state index is 0.604. The van der Waals surface area contributed by atoms with Crippen LogP contribution in [0, 0.1) is 19.8 Å². The Kier molecular flexibility index (Phi) is 3.52. The smallest absolute Gasteiger partial charge is 0.0345 e. The molecule has 1 heteroatoms. The van der Waals surface area contributed by atoms with Gasteiger partial charge < -0.3 is 5.32 Å². The minimum Gasteiger partial charge on any atom is -0.383 e. The van der Waals surface area contributed by atoms with Crippen molar-refractivity contribution in [1.29, 1.82) is 0 Å². The predicted octanol–water partition coefficient (Wildman–Crippen LogP) is 4.29. The average molecular weight is 217 g/mol. The summed E-state index contributed by atoms with van der Waals surface area (Å²) in [7, 11) is 0. The van der Waals surface area contributed by atoms with E-state index in [-0.39, 0.29) is 0 Å². The lowest BCUT2D eigenvalue weighted by Crippen LogP contribution is -2.23. The van der Waals surface area contributed by atoms with Gasteiger partial charge in [0, 0.05) is 11.7 Å². The van der Waals surface area contributed by atoms with Crippen molar-refractivity contribution < 1.29 is 0 Å². The molecular formula is C15H23N. The van der Waals surface area contributed by atoms with Gasteiger partial charge in [-0.05, 0) is 56.4 Å². The highest BCUT2D eigenvalue weighted by Crippen LogP contribution is 2.31. The van der Waals surface area contributed by atoms with E-state index in [0.29, 0.717) is 6.04 Å². The third kappa shape index (κ3) is 2.78. The molecule has 1 N–H and O–H groups in total. The Morgan fingerprint density at radius 1 is 1.25 bits per heavy atom. The molecule has 1 fully saturated rings. The van der Waals surface area contributed by atoms with Gasteiger partial charge in [0.1, 0.15) is 0 Å². The molecule has 88 valence electrons. The molecule has 1 aliphatic rings. The van der Waals surface area contributed by atoms with Crippen LogP contribution in [0.15, 0.2) is 18.2 Å². The number of nitrogens with one attached hydrogen (secondary N) is 1. The number of hydrogen-bond donors (Lipinski definition) is 1. The second-order valence-electron chi connectivity index (χ2n) is 5.38. The van der Waals surface area contributed by atoms with Crippen molar-refractivity contribution >= 4 is 5.69 Å². The summed E-state index contributed by atoms with van der Waals surface area (Å²) in [5.74, 6) is 0.981. The van der Waals surface area contributed by atoms with Crippen LogP contribution in [0.1, 0.15) is 43.7 Å². The van der Waals surface area contributed by atoms with Crippen LogP contribution in [0.5, 0.6) is 0 Å². The maximum absolute atomic E-state index is 3.61. The molecule has 0 amide bonds. The lowest BCUT2D eigenvalue weighted by atomic mass is 9.81. The van der Waals surface area contributed by atoms with Gasteiger partial charge in [-0.15, -0.1) is 0 Å². The molecule has 1 aromatic carbocycles. The number of rotatable bonds is 4. The fraction of sp³-hybridized carbons (Fsp3) is 0.600. The summed E-state index contributed by atoms with van der Waals surface area (Å²) in [6.45, 7) is 6.64. The number of anilines is 1. The highest BCUT2D eigenvalue weighted by Gasteiger charge is 2.19. The van der Waals surface area contributed by atoms with Gasteiger partial charge in [-0.3, -0.25) is 0 Å². The summed E-state index contributed by atoms with van der Waals surface area (Å²) in [6, 6.07) is 7.26. The van der Waals surface area contributed by atoms with Crippen molar-refractivity contribution in [2.45, 2.75) is 52.5 Å². The summed E-state index contributed by atoms with van der Waals surface area (Å²) >= 11 is 0. The summed E-state index contributed by atoms with van der Waals surface area (Å²) in [5, 5.41) is 3.61. The van der Waals surface area contributed by atoms with E-state index in [1.807, 2.05) is 0 Å². The van der Waals surface area contributed by atoms with E-state index in [1.54, 1.807) is 0 Å². The molecule has 1 nitrogen and oxygen atoms in total. The van der Waals surface area contributed by atoms with Crippen molar-refractivity contribution in [3.63, 3.8) is 0 Å². The zero-order valence-electron chi connectivity index (χ0n) is 10.7. The number of benzene rings is 1. The topological polar surface area (TPSA) is 12.0 Å². The van der Waals surface area contributed by atoms with Crippen LogP contribution in [0.3, 0.4) is 0 Å². The van der Waals surface area contributed by atoms with Crippen LogP contribution in [-0.2, 0) is 0 Å². The summed E-state index contributed by atoms with van der Waals surface area (Å²) in [6.07, 6.45) is 5.66. The molecule has 0 bridgehead atoms. The van der Waals surface area contributed by atoms with Gasteiger partial charge >= 0.3 is 0 Å². The van der Waals surface area contributed by atoms with Crippen LogP contribution in [0.4, 0.5) is 5.69 Å². The number of hydrogen-bond acceptors (Lipinski definition) is 1. The zero-order chi connectivity index (χ0) is 11.5. The highest BCUT2D eigenvalue weighted by atomic mass is 14.9. The molecule has 1 atom stereocenters. The molecule has 0 heterocycles. The summed E-state index contributed by atoms with van der Waals surface area (Å²) < 4.78 is 0. The first-order chi connectivity index (χ1) is 7.65. The van der Waals surface area contributed by atoms with Gasteiger partial charge in [-0.2, -0.15) is 0 Å². The van der Waals surface area contributed by atoms with E-state index < -0.39 is 0 Å². The maximum atomic E-state index is 3.61. The summed E-state index contributed by atoms with van der Waals surface area (Å²) in [5.41, 5.74) is 4.02. The Bertz CT molecular complexity index is 352. The second-order valence-corrected chi connectivity index (χ2v) is 5.38. The van der Waals surface area contributed by atoms with Gasteiger partial charge in [0.05, 0.1) is 0 Å². The molecule has 1 unspecified atom stereocenters. The molecule has 1 aromatic rings. The van der Waals surface area contributed by atoms with Gasteiger partial charge in [0.25, 0.3) is 0 Å². The van der Waals surface area contributed by atoms with E-state index in [1.165, 1.54) is 42.5 Å². The first kappa shape index (κ1) is 11.5. The Balaban J connectivity index is 1.89. The zero-order valence-corrected chi connectivity index (χ0v) is 10.7. The minimum atomic E-state index is 0.604. The fourth-order valence-corrected chi connectivity index (χ4v) is 2.40. The van der Waals surface area contributed by atoms with Crippen molar-refractivity contribution in [3.05, 3.63) is 29.3 Å². The molecule has 0 aromatic heterocycles. The molecule has 0 aliphatic heterocycles. The van der Waals surface area contributed by atoms with Gasteiger partial charge in [0.2, 0.25) is 0 Å². The lowest BCUT2D eigenvalue weighted by molar-refractivity contribution is 0.286. The molecule has 0 saturated heterocycles. The van der Waals surface area contributed by atoms with Crippen molar-refractivity contribution in [1.82, 2.24) is 0 Å². The normalized spacial score (nSPS) is 17.9. The fourth-order valence-electron chi connectivity index (χ4n) is 2.40. The Morgan fingerprint density at radius 2 is 2.00 bits per heavy atom. The SMILES string of the molecule is Cc1ccc(NC(C)CC2CCC2)cc1C. The van der Waals surface area contributed by atoms with Gasteiger partial charge in [-0.1, -0.05) is 25.3 Å². The quantitative estimate of drug-likeness (QED) is 0.793. The van der Waals surface area contributed by atoms with E-state index in [4.69, 9.17) is 0 Å². The predicted molar refractivity (Wildman–Crippen MR) is 71.0 cm³/mol. The largest absolute Gasteiger partial charge is 0.383 e. The average Bonchev–Trinajstić information content (AvgIpc) is 2.18. The maximum Gasteiger partial charge on any atom is 0.0345 e. The molecule has 2 rings (SSSR count). The molecule has 0 radical (unpaired) electrons. The van der Waals surface area contributed by atoms with Crippen molar-refractivity contribution in [3.8, 4) is 0 Å². The van der Waals surface area contributed by atoms with Crippen LogP contribution in [0.2, 0.25) is 0 Å². The van der Waals surface area contributed by atoms with E-state index >= 15 is 0 Å². The standard InChI is InChI=1S/C15H23N/c1-11-7-8-15(9-12(11)2)16-13(3)10-14-5-4-6-14/h7-9,13-14,16H,4-6,10H2,1-3H3. The lowest BCUT2D eigenvalue weighted by Gasteiger charge is -2.29. The number of aryl methyl sites for hydroxylation is 2. The molecule has 1 aliphatic carbocycles. The second kappa shape index (κ2) is 4.90. The van der Waals surface area contributed by atoms with Crippen molar-refractivity contribution in [2.75, 3.05) is 5.32 Å².